The van der Waals surface area contributed by atoms with E-state index in [0.29, 0.717) is 6.04 Å². The number of nitrogens with one attached hydrogen (secondary N) is 1. The zero-order valence-electron chi connectivity index (χ0n) is 13.4. The van der Waals surface area contributed by atoms with E-state index in [2.05, 4.69) is 11.4 Å². The number of hydrogen-bond acceptors (Lipinski definition) is 5. The van der Waals surface area contributed by atoms with Crippen LogP contribution in [0, 0.1) is 0 Å². The van der Waals surface area contributed by atoms with Gasteiger partial charge < -0.3 is 25.0 Å². The van der Waals surface area contributed by atoms with Crippen molar-refractivity contribution < 1.29 is 29.3 Å². The first-order valence-electron chi connectivity index (χ1n) is 7.39. The molecule has 128 valence electrons. The highest BCUT2D eigenvalue weighted by atomic mass is 16.5. The number of rotatable bonds is 5. The monoisotopic (exact) mass is 325 g/mol. The zero-order valence-corrected chi connectivity index (χ0v) is 13.4. The molecule has 1 aromatic carbocycles. The van der Waals surface area contributed by atoms with Crippen molar-refractivity contribution in [2.24, 2.45) is 0 Å². The van der Waals surface area contributed by atoms with Crippen LogP contribution >= 0.6 is 0 Å². The first kappa shape index (κ1) is 18.8. The molecule has 1 fully saturated rings. The van der Waals surface area contributed by atoms with Crippen LogP contribution in [-0.4, -0.2) is 42.4 Å². The molecule has 1 saturated carbocycles. The largest absolute Gasteiger partial charge is 0.493 e. The number of hydrogen-bond donors (Lipinski definition) is 3. The van der Waals surface area contributed by atoms with Crippen LogP contribution in [0.25, 0.3) is 0 Å². The Kier molecular flexibility index (Phi) is 7.90. The minimum absolute atomic E-state index is 0.672. The molecule has 7 nitrogen and oxygen atoms in total. The van der Waals surface area contributed by atoms with Crippen molar-refractivity contribution in [3.05, 3.63) is 23.8 Å². The van der Waals surface area contributed by atoms with E-state index in [1.54, 1.807) is 14.2 Å². The molecule has 0 aliphatic heterocycles. The molecule has 0 amide bonds. The lowest BCUT2D eigenvalue weighted by Crippen LogP contribution is -2.25. The topological polar surface area (TPSA) is 105 Å². The fourth-order valence-electron chi connectivity index (χ4n) is 2.48. The highest BCUT2D eigenvalue weighted by Crippen LogP contribution is 2.30. The molecule has 0 spiro atoms. The highest BCUT2D eigenvalue weighted by Gasteiger charge is 2.15. The van der Waals surface area contributed by atoms with Gasteiger partial charge in [-0.25, -0.2) is 9.59 Å². The average Bonchev–Trinajstić information content (AvgIpc) is 3.06. The fraction of sp³-hybridized carbons (Fsp3) is 0.500. The van der Waals surface area contributed by atoms with Gasteiger partial charge in [0, 0.05) is 18.2 Å². The molecular formula is C16H23NO6. The van der Waals surface area contributed by atoms with Crippen molar-refractivity contribution in [2.45, 2.75) is 38.3 Å². The van der Waals surface area contributed by atoms with E-state index in [9.17, 15) is 0 Å². The van der Waals surface area contributed by atoms with Gasteiger partial charge in [-0.3, -0.25) is 0 Å². The van der Waals surface area contributed by atoms with Crippen LogP contribution in [0.1, 0.15) is 31.2 Å². The number of aliphatic carboxylic acids is 2. The van der Waals surface area contributed by atoms with E-state index in [1.165, 1.54) is 31.2 Å². The SMILES string of the molecule is COc1cccc(CNC2CCCC2)c1OC.O=C(O)C(=O)O. The summed E-state index contributed by atoms with van der Waals surface area (Å²) >= 11 is 0. The third kappa shape index (κ3) is 6.15. The molecule has 3 N–H and O–H groups in total. The fourth-order valence-corrected chi connectivity index (χ4v) is 2.48. The Morgan fingerprint density at radius 3 is 2.22 bits per heavy atom. The molecule has 1 aliphatic rings. The highest BCUT2D eigenvalue weighted by molar-refractivity contribution is 6.27. The predicted molar refractivity (Wildman–Crippen MR) is 83.9 cm³/mol. The number of para-hydroxylation sites is 1. The first-order chi connectivity index (χ1) is 11.0. The Morgan fingerprint density at radius 2 is 1.74 bits per heavy atom. The summed E-state index contributed by atoms with van der Waals surface area (Å²) in [7, 11) is 3.36. The van der Waals surface area contributed by atoms with Crippen molar-refractivity contribution in [3.8, 4) is 11.5 Å². The summed E-state index contributed by atoms with van der Waals surface area (Å²) in [5.41, 5.74) is 1.17. The van der Waals surface area contributed by atoms with Gasteiger partial charge in [0.15, 0.2) is 11.5 Å². The van der Waals surface area contributed by atoms with Gasteiger partial charge in [-0.1, -0.05) is 25.0 Å². The summed E-state index contributed by atoms with van der Waals surface area (Å²) in [6.45, 7) is 0.852. The second-order valence-corrected chi connectivity index (χ2v) is 5.13. The van der Waals surface area contributed by atoms with Crippen LogP contribution in [-0.2, 0) is 16.1 Å². The Hall–Kier alpha value is -2.28. The number of methoxy groups -OCH3 is 2. The molecule has 23 heavy (non-hydrogen) atoms. The predicted octanol–water partition coefficient (Wildman–Crippen LogP) is 1.89. The molecule has 0 heterocycles. The van der Waals surface area contributed by atoms with Crippen molar-refractivity contribution in [1.29, 1.82) is 0 Å². The minimum Gasteiger partial charge on any atom is -0.493 e. The molecule has 0 radical (unpaired) electrons. The zero-order chi connectivity index (χ0) is 17.2. The van der Waals surface area contributed by atoms with E-state index < -0.39 is 11.9 Å². The van der Waals surface area contributed by atoms with E-state index >= 15 is 0 Å². The summed E-state index contributed by atoms with van der Waals surface area (Å²) in [6, 6.07) is 6.69. The van der Waals surface area contributed by atoms with Gasteiger partial charge in [0.05, 0.1) is 14.2 Å². The molecule has 0 unspecified atom stereocenters. The standard InChI is InChI=1S/C14H21NO2.C2H2O4/c1-16-13-9-5-6-11(14(13)17-2)10-15-12-7-3-4-8-12;3-1(4)2(5)6/h5-6,9,12,15H,3-4,7-8,10H2,1-2H3;(H,3,4)(H,5,6). The van der Waals surface area contributed by atoms with E-state index in [-0.39, 0.29) is 0 Å². The number of ether oxygens (including phenoxy) is 2. The van der Waals surface area contributed by atoms with Crippen molar-refractivity contribution in [1.82, 2.24) is 5.32 Å². The van der Waals surface area contributed by atoms with Gasteiger partial charge in [-0.15, -0.1) is 0 Å². The molecule has 2 rings (SSSR count). The molecule has 0 saturated heterocycles. The lowest BCUT2D eigenvalue weighted by Gasteiger charge is -2.15. The summed E-state index contributed by atoms with van der Waals surface area (Å²) in [6.07, 6.45) is 5.30. The smallest absolute Gasteiger partial charge is 0.414 e. The van der Waals surface area contributed by atoms with Crippen molar-refractivity contribution in [3.63, 3.8) is 0 Å². The number of benzene rings is 1. The third-order valence-corrected chi connectivity index (χ3v) is 3.60. The molecule has 1 aromatic rings. The summed E-state index contributed by atoms with van der Waals surface area (Å²) in [5, 5.41) is 18.4. The van der Waals surface area contributed by atoms with Crippen LogP contribution in [0.4, 0.5) is 0 Å². The van der Waals surface area contributed by atoms with Gasteiger partial charge in [-0.2, -0.15) is 0 Å². The van der Waals surface area contributed by atoms with Gasteiger partial charge in [0.2, 0.25) is 0 Å². The van der Waals surface area contributed by atoms with Crippen LogP contribution in [0.3, 0.4) is 0 Å². The Balaban J connectivity index is 0.000000379. The van der Waals surface area contributed by atoms with Crippen LogP contribution in [0.15, 0.2) is 18.2 Å². The molecule has 1 aliphatic carbocycles. The molecule has 0 bridgehead atoms. The van der Waals surface area contributed by atoms with Gasteiger partial charge in [0.25, 0.3) is 0 Å². The van der Waals surface area contributed by atoms with E-state index in [0.717, 1.165) is 18.0 Å². The second-order valence-electron chi connectivity index (χ2n) is 5.13. The number of carbonyl (C=O) groups is 2. The number of carboxylic acids is 2. The Morgan fingerprint density at radius 1 is 1.13 bits per heavy atom. The Bertz CT molecular complexity index is 513. The molecule has 7 heteroatoms. The first-order valence-corrected chi connectivity index (χ1v) is 7.39. The molecule has 0 aromatic heterocycles. The van der Waals surface area contributed by atoms with Crippen LogP contribution < -0.4 is 14.8 Å². The minimum atomic E-state index is -1.82. The normalized spacial score (nSPS) is 13.8. The summed E-state index contributed by atoms with van der Waals surface area (Å²) in [5.74, 6) is -2.00. The van der Waals surface area contributed by atoms with Gasteiger partial charge in [-0.05, 0) is 18.9 Å². The van der Waals surface area contributed by atoms with Gasteiger partial charge >= 0.3 is 11.9 Å². The molecular weight excluding hydrogens is 302 g/mol. The average molecular weight is 325 g/mol. The maximum atomic E-state index is 9.10. The van der Waals surface area contributed by atoms with E-state index in [1.807, 2.05) is 12.1 Å². The second kappa shape index (κ2) is 9.68. The number of carboxylic acid groups (broad SMARTS) is 2. The van der Waals surface area contributed by atoms with E-state index in [4.69, 9.17) is 29.3 Å². The molecule has 0 atom stereocenters. The quantitative estimate of drug-likeness (QED) is 0.710. The summed E-state index contributed by atoms with van der Waals surface area (Å²) in [4.78, 5) is 18.2. The maximum absolute atomic E-state index is 9.10. The third-order valence-electron chi connectivity index (χ3n) is 3.60. The maximum Gasteiger partial charge on any atom is 0.414 e. The van der Waals surface area contributed by atoms with Gasteiger partial charge in [0.1, 0.15) is 0 Å². The van der Waals surface area contributed by atoms with Crippen molar-refractivity contribution in [2.75, 3.05) is 14.2 Å². The van der Waals surface area contributed by atoms with Crippen LogP contribution in [0.2, 0.25) is 0 Å². The Labute approximate surface area is 135 Å². The lowest BCUT2D eigenvalue weighted by atomic mass is 10.1. The lowest BCUT2D eigenvalue weighted by molar-refractivity contribution is -0.159. The van der Waals surface area contributed by atoms with Crippen molar-refractivity contribution >= 4 is 11.9 Å². The van der Waals surface area contributed by atoms with Crippen LogP contribution in [0.5, 0.6) is 11.5 Å². The summed E-state index contributed by atoms with van der Waals surface area (Å²) < 4.78 is 10.7.